The Kier molecular flexibility index (Phi) is 9.02. The van der Waals surface area contributed by atoms with Crippen molar-refractivity contribution in [1.29, 1.82) is 0 Å². The van der Waals surface area contributed by atoms with Crippen molar-refractivity contribution in [2.45, 2.75) is 67.2 Å². The Bertz CT molecular complexity index is 572. The van der Waals surface area contributed by atoms with E-state index in [0.717, 1.165) is 10.1 Å². The van der Waals surface area contributed by atoms with Gasteiger partial charge in [0.15, 0.2) is 0 Å². The maximum absolute atomic E-state index is 6.62. The molecule has 0 heterocycles. The van der Waals surface area contributed by atoms with Crippen LogP contribution in [-0.2, 0) is 26.2 Å². The van der Waals surface area contributed by atoms with Crippen molar-refractivity contribution >= 4 is 32.7 Å². The maximum Gasteiger partial charge on any atom is 0.0882 e. The summed E-state index contributed by atoms with van der Waals surface area (Å²) in [5.41, 5.74) is 5.93. The SMILES string of the molecule is CCCC1=C([SiH2]C2=C(CCC)C(C)C(Cl)=C2C)C(C)=C(Cl)C1C.[Zr]. The largest absolute Gasteiger partial charge is 0.0882 e. The fraction of sp³-hybridized carbons (Fsp3) is 0.600. The first-order valence-corrected chi connectivity index (χ1v) is 11.2. The molecule has 0 bridgehead atoms. The van der Waals surface area contributed by atoms with Crippen LogP contribution in [0.25, 0.3) is 0 Å². The summed E-state index contributed by atoms with van der Waals surface area (Å²) in [6.07, 6.45) is 4.75. The summed E-state index contributed by atoms with van der Waals surface area (Å²) < 4.78 is 0. The molecule has 0 aliphatic heterocycles. The molecule has 0 radical (unpaired) electrons. The molecule has 2 atom stereocenters. The zero-order chi connectivity index (χ0) is 17.3. The fourth-order valence-electron chi connectivity index (χ4n) is 4.19. The standard InChI is InChI=1S/C20H30Cl2Si.Zr/c1-7-9-15-11(3)17(21)13(5)19(15)23-20-14(6)18(22)12(4)16(20)10-8-2;/h11-12H,7-10,23H2,1-6H3;. The molecule has 0 nitrogen and oxygen atoms in total. The van der Waals surface area contributed by atoms with Crippen LogP contribution in [0.4, 0.5) is 0 Å². The zero-order valence-electron chi connectivity index (χ0n) is 15.9. The number of halogens is 2. The Morgan fingerprint density at radius 2 is 1.12 bits per heavy atom. The zero-order valence-corrected chi connectivity index (χ0v) is 21.3. The van der Waals surface area contributed by atoms with E-state index >= 15 is 0 Å². The maximum atomic E-state index is 6.62. The summed E-state index contributed by atoms with van der Waals surface area (Å²) in [6.45, 7) is 13.5. The average molecular weight is 461 g/mol. The van der Waals surface area contributed by atoms with Gasteiger partial charge in [-0.25, -0.2) is 0 Å². The van der Waals surface area contributed by atoms with E-state index in [1.807, 2.05) is 0 Å². The van der Waals surface area contributed by atoms with Crippen molar-refractivity contribution in [3.05, 3.63) is 42.7 Å². The Hall–Kier alpha value is 0.640. The molecule has 2 aliphatic carbocycles. The van der Waals surface area contributed by atoms with Gasteiger partial charge in [-0.05, 0) is 37.8 Å². The summed E-state index contributed by atoms with van der Waals surface area (Å²) in [4.78, 5) is 0. The van der Waals surface area contributed by atoms with E-state index in [-0.39, 0.29) is 26.2 Å². The quantitative estimate of drug-likeness (QED) is 0.393. The molecule has 0 amide bonds. The number of hydrogen-bond acceptors (Lipinski definition) is 0. The molecule has 0 saturated carbocycles. The van der Waals surface area contributed by atoms with Crippen molar-refractivity contribution < 1.29 is 26.2 Å². The molecule has 2 aliphatic rings. The Labute approximate surface area is 179 Å². The van der Waals surface area contributed by atoms with Crippen LogP contribution in [0.2, 0.25) is 0 Å². The van der Waals surface area contributed by atoms with E-state index < -0.39 is 9.52 Å². The van der Waals surface area contributed by atoms with Crippen molar-refractivity contribution in [3.8, 4) is 0 Å². The van der Waals surface area contributed by atoms with Gasteiger partial charge in [-0.2, -0.15) is 0 Å². The van der Waals surface area contributed by atoms with Gasteiger partial charge >= 0.3 is 0 Å². The first-order chi connectivity index (χ1) is 10.8. The molecule has 4 heteroatoms. The molecule has 0 fully saturated rings. The molecule has 0 N–H and O–H groups in total. The molecule has 0 aromatic carbocycles. The molecular formula is C20H30Cl2SiZr. The summed E-state index contributed by atoms with van der Waals surface area (Å²) >= 11 is 13.2. The smallest absolute Gasteiger partial charge is 0.0882 e. The van der Waals surface area contributed by atoms with Gasteiger partial charge in [-0.3, -0.25) is 0 Å². The topological polar surface area (TPSA) is 0 Å². The van der Waals surface area contributed by atoms with Gasteiger partial charge in [0.2, 0.25) is 0 Å². The predicted octanol–water partition coefficient (Wildman–Crippen LogP) is 6.59. The molecule has 0 aromatic heterocycles. The van der Waals surface area contributed by atoms with E-state index in [0.29, 0.717) is 11.8 Å². The minimum atomic E-state index is -0.519. The third-order valence-corrected chi connectivity index (χ3v) is 9.49. The van der Waals surface area contributed by atoms with Gasteiger partial charge in [-0.1, -0.05) is 85.3 Å². The molecule has 132 valence electrons. The van der Waals surface area contributed by atoms with Crippen molar-refractivity contribution in [2.75, 3.05) is 0 Å². The summed E-state index contributed by atoms with van der Waals surface area (Å²) in [6, 6.07) is 0. The number of rotatable bonds is 6. The first kappa shape index (κ1) is 22.7. The van der Waals surface area contributed by atoms with E-state index in [4.69, 9.17) is 23.2 Å². The van der Waals surface area contributed by atoms with Crippen LogP contribution in [-0.4, -0.2) is 9.52 Å². The van der Waals surface area contributed by atoms with Crippen LogP contribution < -0.4 is 0 Å². The van der Waals surface area contributed by atoms with Gasteiger partial charge in [0.25, 0.3) is 0 Å². The van der Waals surface area contributed by atoms with Crippen molar-refractivity contribution in [3.63, 3.8) is 0 Å². The monoisotopic (exact) mass is 458 g/mol. The van der Waals surface area contributed by atoms with Crippen LogP contribution in [0.5, 0.6) is 0 Å². The third-order valence-electron chi connectivity index (χ3n) is 5.60. The Morgan fingerprint density at radius 3 is 1.42 bits per heavy atom. The van der Waals surface area contributed by atoms with E-state index in [2.05, 4.69) is 41.5 Å². The summed E-state index contributed by atoms with van der Waals surface area (Å²) in [5, 5.41) is 5.39. The third kappa shape index (κ3) is 4.13. The van der Waals surface area contributed by atoms with Gasteiger partial charge in [-0.15, -0.1) is 0 Å². The summed E-state index contributed by atoms with van der Waals surface area (Å²) in [5.74, 6) is 0.848. The molecule has 0 aromatic rings. The molecular weight excluding hydrogens is 430 g/mol. The van der Waals surface area contributed by atoms with Crippen molar-refractivity contribution in [2.24, 2.45) is 11.8 Å². The number of hydrogen-bond donors (Lipinski definition) is 0. The average Bonchev–Trinajstić information content (AvgIpc) is 2.85. The van der Waals surface area contributed by atoms with Gasteiger partial charge in [0.1, 0.15) is 0 Å². The van der Waals surface area contributed by atoms with Gasteiger partial charge in [0, 0.05) is 48.1 Å². The first-order valence-electron chi connectivity index (χ1n) is 9.02. The second kappa shape index (κ2) is 9.54. The van der Waals surface area contributed by atoms with Crippen molar-refractivity contribution in [1.82, 2.24) is 0 Å². The Morgan fingerprint density at radius 1 is 0.792 bits per heavy atom. The summed E-state index contributed by atoms with van der Waals surface area (Å²) in [7, 11) is -0.519. The number of allylic oxidation sites excluding steroid dienone is 8. The van der Waals surface area contributed by atoms with Crippen LogP contribution >= 0.6 is 23.2 Å². The second-order valence-electron chi connectivity index (χ2n) is 7.07. The minimum absolute atomic E-state index is 0. The minimum Gasteiger partial charge on any atom is -0.0882 e. The van der Waals surface area contributed by atoms with E-state index in [1.54, 1.807) is 21.5 Å². The van der Waals surface area contributed by atoms with Crippen LogP contribution in [0.3, 0.4) is 0 Å². The van der Waals surface area contributed by atoms with Crippen LogP contribution in [0.1, 0.15) is 67.2 Å². The van der Waals surface area contributed by atoms with E-state index in [9.17, 15) is 0 Å². The van der Waals surface area contributed by atoms with E-state index in [1.165, 1.54) is 36.8 Å². The normalized spacial score (nSPS) is 25.0. The van der Waals surface area contributed by atoms with Crippen LogP contribution in [0, 0.1) is 11.8 Å². The van der Waals surface area contributed by atoms with Crippen LogP contribution in [0.15, 0.2) is 42.7 Å². The molecule has 2 unspecified atom stereocenters. The molecule has 0 saturated heterocycles. The fourth-order valence-corrected chi connectivity index (χ4v) is 7.59. The van der Waals surface area contributed by atoms with Gasteiger partial charge < -0.3 is 0 Å². The Balaban J connectivity index is 0.00000288. The second-order valence-corrected chi connectivity index (χ2v) is 9.66. The molecule has 24 heavy (non-hydrogen) atoms. The van der Waals surface area contributed by atoms with Gasteiger partial charge in [0.05, 0.1) is 9.52 Å². The molecule has 0 spiro atoms. The molecule has 2 rings (SSSR count). The predicted molar refractivity (Wildman–Crippen MR) is 108 cm³/mol.